The van der Waals surface area contributed by atoms with Crippen LogP contribution in [0.1, 0.15) is 43.0 Å². The van der Waals surface area contributed by atoms with Gasteiger partial charge in [0.1, 0.15) is 11.1 Å². The Morgan fingerprint density at radius 3 is 2.67 bits per heavy atom. The molecule has 8 nitrogen and oxygen atoms in total. The van der Waals surface area contributed by atoms with Gasteiger partial charge in [0.15, 0.2) is 0 Å². The maximum Gasteiger partial charge on any atom is 0.329 e. The minimum atomic E-state index is -1.38. The van der Waals surface area contributed by atoms with E-state index in [0.717, 1.165) is 12.6 Å². The SMILES string of the molecule is CC1CCCCC1(NC(=O)c1c[nH]c(=O)[nH]c1=O)C(=O)O. The molecule has 0 radical (unpaired) electrons. The molecule has 0 aliphatic heterocycles. The summed E-state index contributed by atoms with van der Waals surface area (Å²) in [5.74, 6) is -2.15. The third kappa shape index (κ3) is 2.74. The average Bonchev–Trinajstić information content (AvgIpc) is 2.41. The van der Waals surface area contributed by atoms with Crippen molar-refractivity contribution in [3.63, 3.8) is 0 Å². The maximum absolute atomic E-state index is 12.2. The summed E-state index contributed by atoms with van der Waals surface area (Å²) < 4.78 is 0. The fourth-order valence-electron chi connectivity index (χ4n) is 2.75. The lowest BCUT2D eigenvalue weighted by Gasteiger charge is -2.39. The first-order valence-electron chi connectivity index (χ1n) is 6.75. The third-order valence-electron chi connectivity index (χ3n) is 4.08. The fraction of sp³-hybridized carbons (Fsp3) is 0.538. The molecular formula is C13H17N3O5. The van der Waals surface area contributed by atoms with E-state index in [1.807, 2.05) is 4.98 Å². The van der Waals surface area contributed by atoms with Gasteiger partial charge in [0.2, 0.25) is 0 Å². The summed E-state index contributed by atoms with van der Waals surface area (Å²) in [7, 11) is 0. The number of aromatic nitrogens is 2. The number of amides is 1. The Hall–Kier alpha value is -2.38. The van der Waals surface area contributed by atoms with Gasteiger partial charge in [-0.3, -0.25) is 14.6 Å². The van der Waals surface area contributed by atoms with E-state index in [2.05, 4.69) is 10.3 Å². The van der Waals surface area contributed by atoms with Crippen molar-refractivity contribution in [2.24, 2.45) is 5.92 Å². The number of aliphatic carboxylic acids is 1. The third-order valence-corrected chi connectivity index (χ3v) is 4.08. The molecule has 2 rings (SSSR count). The van der Waals surface area contributed by atoms with Gasteiger partial charge in [-0.15, -0.1) is 0 Å². The summed E-state index contributed by atoms with van der Waals surface area (Å²) >= 11 is 0. The second kappa shape index (κ2) is 5.55. The van der Waals surface area contributed by atoms with Crippen LogP contribution in [0.5, 0.6) is 0 Å². The molecule has 1 amide bonds. The molecule has 0 spiro atoms. The smallest absolute Gasteiger partial charge is 0.329 e. The number of carbonyl (C=O) groups excluding carboxylic acids is 1. The van der Waals surface area contributed by atoms with Gasteiger partial charge in [-0.25, -0.2) is 9.59 Å². The Labute approximate surface area is 119 Å². The first kappa shape index (κ1) is 15.0. The molecule has 8 heteroatoms. The van der Waals surface area contributed by atoms with E-state index >= 15 is 0 Å². The summed E-state index contributed by atoms with van der Waals surface area (Å²) in [5.41, 5.74) is -3.26. The zero-order chi connectivity index (χ0) is 15.6. The number of H-pyrrole nitrogens is 2. The highest BCUT2D eigenvalue weighted by Gasteiger charge is 2.46. The van der Waals surface area contributed by atoms with Crippen LogP contribution in [0.4, 0.5) is 0 Å². The Morgan fingerprint density at radius 2 is 2.10 bits per heavy atom. The van der Waals surface area contributed by atoms with Gasteiger partial charge in [0.25, 0.3) is 11.5 Å². The molecule has 2 unspecified atom stereocenters. The molecule has 1 aromatic heterocycles. The van der Waals surface area contributed by atoms with Gasteiger partial charge >= 0.3 is 11.7 Å². The van der Waals surface area contributed by atoms with E-state index < -0.39 is 28.7 Å². The number of aromatic amines is 2. The lowest BCUT2D eigenvalue weighted by atomic mass is 9.73. The fourth-order valence-corrected chi connectivity index (χ4v) is 2.75. The highest BCUT2D eigenvalue weighted by Crippen LogP contribution is 2.34. The number of rotatable bonds is 3. The van der Waals surface area contributed by atoms with Crippen LogP contribution >= 0.6 is 0 Å². The number of nitrogens with one attached hydrogen (secondary N) is 3. The summed E-state index contributed by atoms with van der Waals surface area (Å²) in [6, 6.07) is 0. The van der Waals surface area contributed by atoms with E-state index in [9.17, 15) is 24.3 Å². The molecular weight excluding hydrogens is 278 g/mol. The van der Waals surface area contributed by atoms with Gasteiger partial charge in [-0.05, 0) is 18.8 Å². The van der Waals surface area contributed by atoms with Crippen molar-refractivity contribution in [3.8, 4) is 0 Å². The molecule has 1 aromatic rings. The normalized spacial score (nSPS) is 25.3. The van der Waals surface area contributed by atoms with Gasteiger partial charge in [-0.2, -0.15) is 0 Å². The minimum absolute atomic E-state index is 0.241. The van der Waals surface area contributed by atoms with E-state index in [-0.39, 0.29) is 11.5 Å². The topological polar surface area (TPSA) is 132 Å². The largest absolute Gasteiger partial charge is 0.479 e. The van der Waals surface area contributed by atoms with Gasteiger partial charge in [0.05, 0.1) is 0 Å². The summed E-state index contributed by atoms with van der Waals surface area (Å²) in [6.07, 6.45) is 3.59. The quantitative estimate of drug-likeness (QED) is 0.614. The van der Waals surface area contributed by atoms with Crippen LogP contribution < -0.4 is 16.6 Å². The molecule has 1 saturated carbocycles. The van der Waals surface area contributed by atoms with Crippen LogP contribution in [0.3, 0.4) is 0 Å². The predicted molar refractivity (Wildman–Crippen MR) is 73.1 cm³/mol. The van der Waals surface area contributed by atoms with Crippen molar-refractivity contribution in [2.75, 3.05) is 0 Å². The second-order valence-corrected chi connectivity index (χ2v) is 5.36. The molecule has 4 N–H and O–H groups in total. The molecule has 2 atom stereocenters. The Bertz CT molecular complexity index is 677. The van der Waals surface area contributed by atoms with E-state index in [1.54, 1.807) is 6.92 Å². The number of carboxylic acid groups (broad SMARTS) is 1. The minimum Gasteiger partial charge on any atom is -0.479 e. The average molecular weight is 295 g/mol. The molecule has 0 bridgehead atoms. The van der Waals surface area contributed by atoms with E-state index in [0.29, 0.717) is 19.3 Å². The lowest BCUT2D eigenvalue weighted by molar-refractivity contribution is -0.148. The molecule has 0 aromatic carbocycles. The summed E-state index contributed by atoms with van der Waals surface area (Å²) in [5, 5.41) is 12.0. The number of hydrogen-bond donors (Lipinski definition) is 4. The number of hydrogen-bond acceptors (Lipinski definition) is 4. The first-order chi connectivity index (χ1) is 9.86. The molecule has 1 fully saturated rings. The van der Waals surface area contributed by atoms with Crippen LogP contribution in [-0.4, -0.2) is 32.5 Å². The molecule has 0 saturated heterocycles. The standard InChI is InChI=1S/C13H17N3O5/c1-7-4-2-3-5-13(7,11(19)20)16-10(18)8-6-14-12(21)15-9(8)17/h6-7H,2-5H2,1H3,(H,16,18)(H,19,20)(H2,14,15,17,21). The molecule has 1 aliphatic carbocycles. The van der Waals surface area contributed by atoms with Crippen LogP contribution in [0, 0.1) is 5.92 Å². The summed E-state index contributed by atoms with van der Waals surface area (Å²) in [6.45, 7) is 1.77. The van der Waals surface area contributed by atoms with Crippen LogP contribution in [0.2, 0.25) is 0 Å². The molecule has 21 heavy (non-hydrogen) atoms. The number of carboxylic acids is 1. The first-order valence-corrected chi connectivity index (χ1v) is 6.75. The highest BCUT2D eigenvalue weighted by atomic mass is 16.4. The Kier molecular flexibility index (Phi) is 3.97. The van der Waals surface area contributed by atoms with Crippen molar-refractivity contribution in [1.29, 1.82) is 0 Å². The van der Waals surface area contributed by atoms with E-state index in [1.165, 1.54) is 0 Å². The lowest BCUT2D eigenvalue weighted by Crippen LogP contribution is -2.60. The van der Waals surface area contributed by atoms with E-state index in [4.69, 9.17) is 0 Å². The van der Waals surface area contributed by atoms with Gasteiger partial charge in [0, 0.05) is 6.20 Å². The van der Waals surface area contributed by atoms with Crippen molar-refractivity contribution in [1.82, 2.24) is 15.3 Å². The highest BCUT2D eigenvalue weighted by molar-refractivity contribution is 5.97. The van der Waals surface area contributed by atoms with Crippen molar-refractivity contribution in [2.45, 2.75) is 38.1 Å². The van der Waals surface area contributed by atoms with Gasteiger partial charge in [-0.1, -0.05) is 19.8 Å². The predicted octanol–water partition coefficient (Wildman–Crippen LogP) is -0.173. The second-order valence-electron chi connectivity index (χ2n) is 5.36. The zero-order valence-corrected chi connectivity index (χ0v) is 11.6. The molecule has 1 aliphatic rings. The monoisotopic (exact) mass is 295 g/mol. The molecule has 114 valence electrons. The number of carbonyl (C=O) groups is 2. The Morgan fingerprint density at radius 1 is 1.38 bits per heavy atom. The van der Waals surface area contributed by atoms with Crippen molar-refractivity contribution < 1.29 is 14.7 Å². The Balaban J connectivity index is 2.33. The molecule has 1 heterocycles. The van der Waals surface area contributed by atoms with Crippen molar-refractivity contribution in [3.05, 3.63) is 32.6 Å². The maximum atomic E-state index is 12.2. The van der Waals surface area contributed by atoms with Crippen LogP contribution in [-0.2, 0) is 4.79 Å². The van der Waals surface area contributed by atoms with Crippen LogP contribution in [0.15, 0.2) is 15.8 Å². The van der Waals surface area contributed by atoms with Crippen LogP contribution in [0.25, 0.3) is 0 Å². The van der Waals surface area contributed by atoms with Crippen molar-refractivity contribution >= 4 is 11.9 Å². The zero-order valence-electron chi connectivity index (χ0n) is 11.6. The van der Waals surface area contributed by atoms with Gasteiger partial charge < -0.3 is 15.4 Å². The summed E-state index contributed by atoms with van der Waals surface area (Å²) in [4.78, 5) is 50.5.